The third-order valence-electron chi connectivity index (χ3n) is 2.43. The van der Waals surface area contributed by atoms with E-state index in [2.05, 4.69) is 20.8 Å². The average Bonchev–Trinajstić information content (AvgIpc) is 2.42. The van der Waals surface area contributed by atoms with E-state index in [1.807, 2.05) is 0 Å². The van der Waals surface area contributed by atoms with Crippen molar-refractivity contribution in [3.63, 3.8) is 0 Å². The molecule has 3 heteroatoms. The molecule has 1 rings (SSSR count). The van der Waals surface area contributed by atoms with Crippen LogP contribution in [0, 0.1) is 5.13 Å². The van der Waals surface area contributed by atoms with Crippen molar-refractivity contribution >= 4 is 22.9 Å². The number of hydrogen-bond acceptors (Lipinski definition) is 1. The molecule has 0 aliphatic rings. The lowest BCUT2D eigenvalue weighted by Crippen LogP contribution is -2.15. The summed E-state index contributed by atoms with van der Waals surface area (Å²) in [5.41, 5.74) is 0.00208. The molecule has 0 amide bonds. The summed E-state index contributed by atoms with van der Waals surface area (Å²) < 4.78 is 13.0. The predicted octanol–water partition coefficient (Wildman–Crippen LogP) is 5.01. The Morgan fingerprint density at radius 2 is 2.14 bits per heavy atom. The van der Waals surface area contributed by atoms with E-state index >= 15 is 0 Å². The fourth-order valence-corrected chi connectivity index (χ4v) is 2.97. The molecular weight excluding hydrogens is 219 g/mol. The van der Waals surface area contributed by atoms with Crippen LogP contribution >= 0.6 is 22.9 Å². The minimum atomic E-state index is -0.186. The summed E-state index contributed by atoms with van der Waals surface area (Å²) in [6.45, 7) is 6.41. The van der Waals surface area contributed by atoms with Crippen LogP contribution in [0.25, 0.3) is 0 Å². The Bertz CT molecular complexity index is 304. The van der Waals surface area contributed by atoms with Crippen LogP contribution in [0.3, 0.4) is 0 Å². The summed E-state index contributed by atoms with van der Waals surface area (Å²) in [5.74, 6) is 0. The van der Waals surface area contributed by atoms with Gasteiger partial charge in [0.25, 0.3) is 0 Å². The van der Waals surface area contributed by atoms with E-state index in [0.717, 1.165) is 24.1 Å². The molecule has 0 aliphatic heterocycles. The van der Waals surface area contributed by atoms with Crippen LogP contribution in [-0.4, -0.2) is 0 Å². The Kier molecular flexibility index (Phi) is 3.96. The Morgan fingerprint density at radius 1 is 1.50 bits per heavy atom. The van der Waals surface area contributed by atoms with Crippen molar-refractivity contribution in [1.82, 2.24) is 0 Å². The summed E-state index contributed by atoms with van der Waals surface area (Å²) in [6.07, 6.45) is 3.38. The van der Waals surface area contributed by atoms with Crippen molar-refractivity contribution in [1.29, 1.82) is 0 Å². The summed E-state index contributed by atoms with van der Waals surface area (Å²) in [6, 6.07) is 1.41. The molecule has 0 unspecified atom stereocenters. The third kappa shape index (κ3) is 2.71. The molecule has 1 aromatic heterocycles. The van der Waals surface area contributed by atoms with Crippen molar-refractivity contribution in [2.45, 2.75) is 45.4 Å². The largest absolute Gasteiger partial charge is 0.195 e. The number of halogens is 2. The molecule has 1 aromatic rings. The van der Waals surface area contributed by atoms with Crippen molar-refractivity contribution in [3.8, 4) is 0 Å². The zero-order valence-electron chi connectivity index (χ0n) is 8.86. The highest BCUT2D eigenvalue weighted by atomic mass is 35.5. The van der Waals surface area contributed by atoms with Gasteiger partial charge in [-0.25, -0.2) is 0 Å². The molecule has 0 fully saturated rings. The first-order chi connectivity index (χ1) is 6.47. The molecule has 0 bridgehead atoms. The third-order valence-corrected chi connectivity index (χ3v) is 4.13. The fraction of sp³-hybridized carbons (Fsp3) is 0.636. The minimum absolute atomic E-state index is 0.00208. The Balaban J connectivity index is 2.85. The molecule has 0 aromatic carbocycles. The summed E-state index contributed by atoms with van der Waals surface area (Å²) in [7, 11) is 0. The number of thiophene rings is 1. The molecule has 0 spiro atoms. The lowest BCUT2D eigenvalue weighted by Gasteiger charge is -2.23. The van der Waals surface area contributed by atoms with Crippen LogP contribution in [-0.2, 0) is 5.41 Å². The highest BCUT2D eigenvalue weighted by Crippen LogP contribution is 2.39. The lowest BCUT2D eigenvalue weighted by molar-refractivity contribution is 0.466. The second-order valence-corrected chi connectivity index (χ2v) is 5.62. The maximum Gasteiger partial charge on any atom is 0.178 e. The second kappa shape index (κ2) is 4.63. The van der Waals surface area contributed by atoms with Crippen molar-refractivity contribution in [2.24, 2.45) is 0 Å². The van der Waals surface area contributed by atoms with E-state index in [-0.39, 0.29) is 10.5 Å². The lowest BCUT2D eigenvalue weighted by atomic mass is 9.86. The molecule has 0 nitrogen and oxygen atoms in total. The first-order valence-electron chi connectivity index (χ1n) is 4.92. The summed E-state index contributed by atoms with van der Waals surface area (Å²) in [4.78, 5) is 0.977. The highest BCUT2D eigenvalue weighted by molar-refractivity contribution is 7.11. The molecule has 80 valence electrons. The maximum absolute atomic E-state index is 13.0. The van der Waals surface area contributed by atoms with Gasteiger partial charge in [-0.1, -0.05) is 45.2 Å². The van der Waals surface area contributed by atoms with Crippen LogP contribution in [0.2, 0.25) is 5.02 Å². The monoisotopic (exact) mass is 234 g/mol. The first kappa shape index (κ1) is 12.0. The van der Waals surface area contributed by atoms with Crippen molar-refractivity contribution in [3.05, 3.63) is 21.1 Å². The predicted molar refractivity (Wildman–Crippen MR) is 61.8 cm³/mol. The van der Waals surface area contributed by atoms with Gasteiger partial charge < -0.3 is 0 Å². The number of unbranched alkanes of at least 4 members (excludes halogenated alkanes) is 1. The van der Waals surface area contributed by atoms with Gasteiger partial charge in [0.05, 0.1) is 5.02 Å². The fourth-order valence-electron chi connectivity index (χ4n) is 1.53. The summed E-state index contributed by atoms with van der Waals surface area (Å²) in [5, 5.41) is 0.392. The maximum atomic E-state index is 13.0. The van der Waals surface area contributed by atoms with Crippen LogP contribution in [0.1, 0.15) is 44.9 Å². The van der Waals surface area contributed by atoms with Gasteiger partial charge in [-0.15, -0.1) is 11.3 Å². The highest BCUT2D eigenvalue weighted by Gasteiger charge is 2.25. The van der Waals surface area contributed by atoms with E-state index in [1.54, 1.807) is 0 Å². The molecular formula is C11H16ClFS. The van der Waals surface area contributed by atoms with Crippen LogP contribution in [0.15, 0.2) is 6.07 Å². The molecule has 14 heavy (non-hydrogen) atoms. The van der Waals surface area contributed by atoms with Crippen LogP contribution in [0.4, 0.5) is 4.39 Å². The van der Waals surface area contributed by atoms with Crippen molar-refractivity contribution < 1.29 is 4.39 Å². The van der Waals surface area contributed by atoms with E-state index in [0.29, 0.717) is 5.02 Å². The van der Waals surface area contributed by atoms with Gasteiger partial charge in [-0.3, -0.25) is 0 Å². The van der Waals surface area contributed by atoms with Gasteiger partial charge in [-0.05, 0) is 6.42 Å². The molecule has 1 heterocycles. The second-order valence-electron chi connectivity index (χ2n) is 4.22. The van der Waals surface area contributed by atoms with E-state index < -0.39 is 0 Å². The topological polar surface area (TPSA) is 0 Å². The van der Waals surface area contributed by atoms with Gasteiger partial charge in [0, 0.05) is 16.4 Å². The van der Waals surface area contributed by atoms with Gasteiger partial charge in [0.2, 0.25) is 0 Å². The normalized spacial score (nSPS) is 12.1. The van der Waals surface area contributed by atoms with E-state index in [4.69, 9.17) is 11.6 Å². The quantitative estimate of drug-likeness (QED) is 0.687. The zero-order chi connectivity index (χ0) is 10.8. The molecule has 0 aliphatic carbocycles. The van der Waals surface area contributed by atoms with E-state index in [1.165, 1.54) is 17.4 Å². The Labute approximate surface area is 94.1 Å². The van der Waals surface area contributed by atoms with Crippen LogP contribution in [0.5, 0.6) is 0 Å². The molecule has 0 saturated carbocycles. The smallest absolute Gasteiger partial charge is 0.178 e. The first-order valence-corrected chi connectivity index (χ1v) is 6.12. The van der Waals surface area contributed by atoms with Crippen molar-refractivity contribution in [2.75, 3.05) is 0 Å². The van der Waals surface area contributed by atoms with Gasteiger partial charge in [0.1, 0.15) is 0 Å². The zero-order valence-corrected chi connectivity index (χ0v) is 10.4. The molecule has 0 radical (unpaired) electrons. The number of hydrogen-bond donors (Lipinski definition) is 0. The number of rotatable bonds is 4. The standard InChI is InChI=1S/C11H16ClFS/c1-4-5-6-11(2,3)10-8(12)7-9(13)14-10/h7H,4-6H2,1-3H3. The Hall–Kier alpha value is -0.0800. The average molecular weight is 235 g/mol. The van der Waals surface area contributed by atoms with Crippen LogP contribution < -0.4 is 0 Å². The SMILES string of the molecule is CCCCC(C)(C)c1sc(F)cc1Cl. The summed E-state index contributed by atoms with van der Waals surface area (Å²) >= 11 is 7.15. The molecule has 0 saturated heterocycles. The van der Waals surface area contributed by atoms with E-state index in [9.17, 15) is 4.39 Å². The minimum Gasteiger partial charge on any atom is -0.195 e. The Morgan fingerprint density at radius 3 is 2.57 bits per heavy atom. The van der Waals surface area contributed by atoms with Gasteiger partial charge >= 0.3 is 0 Å². The van der Waals surface area contributed by atoms with Gasteiger partial charge in [0.15, 0.2) is 5.13 Å². The molecule has 0 atom stereocenters. The van der Waals surface area contributed by atoms with Gasteiger partial charge in [-0.2, -0.15) is 4.39 Å². The molecule has 0 N–H and O–H groups in total.